The molecule has 0 heteroatoms. The Balaban J connectivity index is 1.02. The van der Waals surface area contributed by atoms with E-state index in [1.165, 1.54) is 155 Å². The van der Waals surface area contributed by atoms with Crippen LogP contribution in [0.5, 0.6) is 0 Å². The normalized spacial score (nSPS) is 15.4. The number of allylic oxidation sites excluding steroid dienone is 2. The van der Waals surface area contributed by atoms with Crippen molar-refractivity contribution in [3.05, 3.63) is 288 Å². The molecule has 2 unspecified atom stereocenters. The van der Waals surface area contributed by atoms with Crippen molar-refractivity contribution in [2.24, 2.45) is 0 Å². The first-order valence-corrected chi connectivity index (χ1v) is 25.4. The Labute approximate surface area is 419 Å². The van der Waals surface area contributed by atoms with Crippen molar-refractivity contribution < 1.29 is 0 Å². The maximum Gasteiger partial charge on any atom is 0.0138 e. The Morgan fingerprint density at radius 2 is 0.694 bits per heavy atom. The van der Waals surface area contributed by atoms with Gasteiger partial charge in [-0.3, -0.25) is 0 Å². The molecule has 2 atom stereocenters. The predicted molar refractivity (Wildman–Crippen MR) is 303 cm³/mol. The fourth-order valence-corrected chi connectivity index (χ4v) is 13.4. The summed E-state index contributed by atoms with van der Waals surface area (Å²) in [7, 11) is 0. The lowest BCUT2D eigenvalue weighted by Crippen LogP contribution is -2.20. The van der Waals surface area contributed by atoms with Crippen molar-refractivity contribution in [3.63, 3.8) is 0 Å². The lowest BCUT2D eigenvalue weighted by molar-refractivity contribution is 0.717. The van der Waals surface area contributed by atoms with Crippen molar-refractivity contribution in [1.29, 1.82) is 0 Å². The molecule has 4 aliphatic rings. The molecule has 0 amide bonds. The van der Waals surface area contributed by atoms with Crippen molar-refractivity contribution in [3.8, 4) is 77.9 Å². The summed E-state index contributed by atoms with van der Waals surface area (Å²) in [5, 5.41) is 7.77. The highest BCUT2D eigenvalue weighted by atomic mass is 14.4. The van der Waals surface area contributed by atoms with E-state index >= 15 is 0 Å². The minimum absolute atomic E-state index is 0.116. The van der Waals surface area contributed by atoms with Crippen LogP contribution in [0.3, 0.4) is 0 Å². The van der Waals surface area contributed by atoms with E-state index in [-0.39, 0.29) is 11.8 Å². The first-order valence-electron chi connectivity index (χ1n) is 25.4. The van der Waals surface area contributed by atoms with Crippen LogP contribution in [0.2, 0.25) is 0 Å². The number of hydrogen-bond donors (Lipinski definition) is 0. The molecule has 0 radical (unpaired) electrons. The van der Waals surface area contributed by atoms with Gasteiger partial charge < -0.3 is 0 Å². The highest BCUT2D eigenvalue weighted by molar-refractivity contribution is 6.30. The number of fused-ring (bicyclic) bond motifs is 14. The first kappa shape index (κ1) is 39.7. The van der Waals surface area contributed by atoms with E-state index in [0.29, 0.717) is 0 Å². The second-order valence-electron chi connectivity index (χ2n) is 20.1. The van der Waals surface area contributed by atoms with Gasteiger partial charge in [0.25, 0.3) is 0 Å². The van der Waals surface area contributed by atoms with Gasteiger partial charge in [-0.05, 0) is 179 Å². The Hall–Kier alpha value is -9.10. The van der Waals surface area contributed by atoms with E-state index in [2.05, 4.69) is 255 Å². The second-order valence-corrected chi connectivity index (χ2v) is 20.1. The van der Waals surface area contributed by atoms with Gasteiger partial charge in [0.1, 0.15) is 0 Å². The monoisotopic (exact) mass is 908 g/mol. The average molecular weight is 909 g/mol. The zero-order valence-corrected chi connectivity index (χ0v) is 39.4. The van der Waals surface area contributed by atoms with Gasteiger partial charge in [-0.15, -0.1) is 0 Å². The Morgan fingerprint density at radius 1 is 0.208 bits per heavy atom. The summed E-state index contributed by atoms with van der Waals surface area (Å²) in [5.41, 5.74) is 28.7. The Morgan fingerprint density at radius 3 is 1.39 bits per heavy atom. The van der Waals surface area contributed by atoms with Gasteiger partial charge >= 0.3 is 0 Å². The van der Waals surface area contributed by atoms with Crippen LogP contribution in [-0.2, 0) is 0 Å². The summed E-state index contributed by atoms with van der Waals surface area (Å²) >= 11 is 0. The molecule has 0 aliphatic heterocycles. The minimum atomic E-state index is 0.116. The molecule has 0 nitrogen and oxygen atoms in total. The molecule has 0 spiro atoms. The summed E-state index contributed by atoms with van der Waals surface area (Å²) < 4.78 is 0. The molecule has 0 saturated carbocycles. The van der Waals surface area contributed by atoms with Gasteiger partial charge in [-0.1, -0.05) is 231 Å². The van der Waals surface area contributed by atoms with Gasteiger partial charge in [0.15, 0.2) is 0 Å². The van der Waals surface area contributed by atoms with Gasteiger partial charge in [0.05, 0.1) is 0 Å². The van der Waals surface area contributed by atoms with Crippen LogP contribution in [-0.4, -0.2) is 0 Å². The van der Waals surface area contributed by atoms with Crippen molar-refractivity contribution >= 4 is 43.5 Å². The molecule has 16 rings (SSSR count). The van der Waals surface area contributed by atoms with E-state index in [0.717, 1.165) is 0 Å². The largest absolute Gasteiger partial charge is 0.0675 e. The second kappa shape index (κ2) is 15.2. The maximum absolute atomic E-state index is 2.68. The number of benzene rings is 12. The van der Waals surface area contributed by atoms with Crippen LogP contribution in [0.1, 0.15) is 45.2 Å². The molecule has 332 valence electrons. The fourth-order valence-electron chi connectivity index (χ4n) is 13.4. The summed E-state index contributed by atoms with van der Waals surface area (Å²) in [6, 6.07) is 91.3. The maximum atomic E-state index is 2.68. The third-order valence-corrected chi connectivity index (χ3v) is 16.5. The molecule has 12 aromatic carbocycles. The van der Waals surface area contributed by atoms with Crippen molar-refractivity contribution in [1.82, 2.24) is 0 Å². The first-order chi connectivity index (χ1) is 35.7. The zero-order valence-electron chi connectivity index (χ0n) is 39.4. The molecule has 0 saturated heterocycles. The van der Waals surface area contributed by atoms with Gasteiger partial charge in [0, 0.05) is 11.8 Å². The molecule has 0 heterocycles. The summed E-state index contributed by atoms with van der Waals surface area (Å²) in [5.74, 6) is 0.268. The molecule has 72 heavy (non-hydrogen) atoms. The van der Waals surface area contributed by atoms with E-state index in [1.54, 1.807) is 0 Å². The van der Waals surface area contributed by atoms with E-state index < -0.39 is 0 Å². The zero-order chi connectivity index (χ0) is 47.0. The van der Waals surface area contributed by atoms with E-state index in [4.69, 9.17) is 0 Å². The highest BCUT2D eigenvalue weighted by Crippen LogP contribution is 2.60. The molecule has 0 fully saturated rings. The van der Waals surface area contributed by atoms with Crippen LogP contribution in [0.25, 0.3) is 121 Å². The third kappa shape index (κ3) is 5.64. The highest BCUT2D eigenvalue weighted by Gasteiger charge is 2.41. The SMILES string of the molecule is C1=C2c3ccccc3-c3c(-c4ccccc4)ccc(c32)C2C=C(c3cc4c5ccc(-c6ccccc6)c6c5c(cc4c4ccc(-c5ccccc5)cc34)-c3ccccc3-6)c3cc(-c4ccccc4)ccc3C12. The van der Waals surface area contributed by atoms with Crippen molar-refractivity contribution in [2.75, 3.05) is 0 Å². The van der Waals surface area contributed by atoms with Gasteiger partial charge in [-0.2, -0.15) is 0 Å². The molecule has 4 aliphatic carbocycles. The number of hydrogen-bond acceptors (Lipinski definition) is 0. The van der Waals surface area contributed by atoms with Crippen LogP contribution in [0, 0.1) is 0 Å². The molecule has 0 aromatic heterocycles. The lowest BCUT2D eigenvalue weighted by Gasteiger charge is -2.37. The summed E-state index contributed by atoms with van der Waals surface area (Å²) in [6.45, 7) is 0. The van der Waals surface area contributed by atoms with Crippen LogP contribution in [0.15, 0.2) is 255 Å². The molecular formula is C72H44. The van der Waals surface area contributed by atoms with Gasteiger partial charge in [0.2, 0.25) is 0 Å². The molecular weight excluding hydrogens is 865 g/mol. The van der Waals surface area contributed by atoms with E-state index in [1.807, 2.05) is 0 Å². The Kier molecular flexibility index (Phi) is 8.38. The standard InChI is InChI=1S/C72H44/c1-5-17-43(18-6-1)47-29-31-53-59(37-47)65(39-63-57-35-33-49(45-21-9-3-10-22-45)69-55-27-15-13-25-51(55)67(71(57)69)41-61(53)63)66-40-64-58-36-34-50(46-23-11-4-12-24-46)70-56-28-16-14-26-52(56)68(72(58)70)42-62(64)54-32-30-48(38-60(54)66)44-19-7-2-8-20-44/h1-42,61,63H. The van der Waals surface area contributed by atoms with E-state index in [9.17, 15) is 0 Å². The molecule has 0 N–H and O–H groups in total. The van der Waals surface area contributed by atoms with Crippen LogP contribution < -0.4 is 0 Å². The smallest absolute Gasteiger partial charge is 0.0138 e. The third-order valence-electron chi connectivity index (χ3n) is 16.5. The summed E-state index contributed by atoms with van der Waals surface area (Å²) in [4.78, 5) is 0. The topological polar surface area (TPSA) is 0 Å². The number of rotatable bonds is 5. The predicted octanol–water partition coefficient (Wildman–Crippen LogP) is 19.2. The quantitative estimate of drug-likeness (QED) is 0.151. The lowest BCUT2D eigenvalue weighted by atomic mass is 9.66. The Bertz CT molecular complexity index is 4340. The van der Waals surface area contributed by atoms with Crippen molar-refractivity contribution in [2.45, 2.75) is 11.8 Å². The minimum Gasteiger partial charge on any atom is -0.0675 e. The van der Waals surface area contributed by atoms with Gasteiger partial charge in [-0.25, -0.2) is 0 Å². The molecule has 12 aromatic rings. The fraction of sp³-hybridized carbons (Fsp3) is 0.0278. The molecule has 0 bridgehead atoms. The van der Waals surface area contributed by atoms with Crippen LogP contribution >= 0.6 is 0 Å². The average Bonchev–Trinajstić information content (AvgIpc) is 3.97. The van der Waals surface area contributed by atoms with Crippen LogP contribution in [0.4, 0.5) is 0 Å². The summed E-state index contributed by atoms with van der Waals surface area (Å²) in [6.07, 6.45) is 5.31.